The van der Waals surface area contributed by atoms with Gasteiger partial charge in [-0.3, -0.25) is 14.5 Å². The summed E-state index contributed by atoms with van der Waals surface area (Å²) < 4.78 is 0. The van der Waals surface area contributed by atoms with Gasteiger partial charge in [0.1, 0.15) is 0 Å². The van der Waals surface area contributed by atoms with Crippen LogP contribution in [0.25, 0.3) is 0 Å². The fourth-order valence-corrected chi connectivity index (χ4v) is 3.09. The number of piperidine rings is 1. The maximum absolute atomic E-state index is 12.2. The summed E-state index contributed by atoms with van der Waals surface area (Å²) in [5, 5.41) is 12.4. The van der Waals surface area contributed by atoms with Crippen LogP contribution in [0, 0.1) is 5.41 Å². The van der Waals surface area contributed by atoms with Gasteiger partial charge in [0.05, 0.1) is 11.5 Å². The van der Waals surface area contributed by atoms with Gasteiger partial charge in [-0.2, -0.15) is 0 Å². The number of hydrogen-bond acceptors (Lipinski definition) is 3. The van der Waals surface area contributed by atoms with Gasteiger partial charge in [-0.1, -0.05) is 20.3 Å². The monoisotopic (exact) mass is 298 g/mol. The third-order valence-corrected chi connectivity index (χ3v) is 4.92. The van der Waals surface area contributed by atoms with E-state index in [1.54, 1.807) is 0 Å². The molecule has 1 amide bonds. The van der Waals surface area contributed by atoms with E-state index in [0.717, 1.165) is 12.8 Å². The molecule has 0 bridgehead atoms. The second-order valence-corrected chi connectivity index (χ2v) is 6.35. The van der Waals surface area contributed by atoms with Crippen LogP contribution in [0.4, 0.5) is 0 Å². The second-order valence-electron chi connectivity index (χ2n) is 6.35. The van der Waals surface area contributed by atoms with E-state index < -0.39 is 11.4 Å². The zero-order valence-corrected chi connectivity index (χ0v) is 13.8. The van der Waals surface area contributed by atoms with E-state index in [1.807, 2.05) is 20.8 Å². The van der Waals surface area contributed by atoms with Crippen molar-refractivity contribution in [1.29, 1.82) is 0 Å². The Kier molecular flexibility index (Phi) is 6.65. The van der Waals surface area contributed by atoms with Crippen LogP contribution in [0.3, 0.4) is 0 Å². The quantitative estimate of drug-likeness (QED) is 0.756. The van der Waals surface area contributed by atoms with E-state index in [9.17, 15) is 14.7 Å². The molecule has 2 atom stereocenters. The molecule has 2 N–H and O–H groups in total. The molecule has 0 aromatic carbocycles. The zero-order chi connectivity index (χ0) is 16.0. The summed E-state index contributed by atoms with van der Waals surface area (Å²) in [5.74, 6) is -0.645. The molecule has 0 aromatic heterocycles. The highest BCUT2D eigenvalue weighted by Crippen LogP contribution is 2.35. The number of nitrogens with zero attached hydrogens (tertiary/aromatic N) is 1. The van der Waals surface area contributed by atoms with Gasteiger partial charge in [0, 0.05) is 19.1 Å². The van der Waals surface area contributed by atoms with Crippen LogP contribution < -0.4 is 5.32 Å². The highest BCUT2D eigenvalue weighted by Gasteiger charge is 2.41. The number of rotatable bonds is 7. The second kappa shape index (κ2) is 7.78. The van der Waals surface area contributed by atoms with Gasteiger partial charge >= 0.3 is 5.97 Å². The van der Waals surface area contributed by atoms with Crippen molar-refractivity contribution >= 4 is 11.9 Å². The number of carboxylic acids is 1. The Morgan fingerprint density at radius 2 is 1.81 bits per heavy atom. The maximum Gasteiger partial charge on any atom is 0.309 e. The molecule has 0 aromatic rings. The molecule has 2 unspecified atom stereocenters. The van der Waals surface area contributed by atoms with Gasteiger partial charge in [-0.25, -0.2) is 0 Å². The molecule has 0 spiro atoms. The number of nitrogens with one attached hydrogen (secondary N) is 1. The van der Waals surface area contributed by atoms with Crippen molar-refractivity contribution in [1.82, 2.24) is 10.2 Å². The first-order valence-electron chi connectivity index (χ1n) is 8.14. The lowest BCUT2D eigenvalue weighted by Gasteiger charge is -2.40. The van der Waals surface area contributed by atoms with Crippen LogP contribution in [0.5, 0.6) is 0 Å². The molecule has 1 aliphatic rings. The van der Waals surface area contributed by atoms with Crippen LogP contribution in [-0.4, -0.2) is 47.1 Å². The van der Waals surface area contributed by atoms with Gasteiger partial charge in [-0.05, 0) is 39.5 Å². The summed E-state index contributed by atoms with van der Waals surface area (Å²) in [6, 6.07) is 0.0106. The summed E-state index contributed by atoms with van der Waals surface area (Å²) in [5.41, 5.74) is -0.595. The zero-order valence-electron chi connectivity index (χ0n) is 13.8. The van der Waals surface area contributed by atoms with Gasteiger partial charge in [0.2, 0.25) is 5.91 Å². The summed E-state index contributed by atoms with van der Waals surface area (Å²) in [7, 11) is 0. The minimum atomic E-state index is -0.696. The smallest absolute Gasteiger partial charge is 0.309 e. The van der Waals surface area contributed by atoms with E-state index in [2.05, 4.69) is 17.1 Å². The average molecular weight is 298 g/mol. The van der Waals surface area contributed by atoms with E-state index in [-0.39, 0.29) is 18.0 Å². The fourth-order valence-electron chi connectivity index (χ4n) is 3.09. The van der Waals surface area contributed by atoms with Gasteiger partial charge in [0.25, 0.3) is 0 Å². The molecule has 122 valence electrons. The molecule has 0 radical (unpaired) electrons. The average Bonchev–Trinajstić information content (AvgIpc) is 2.46. The SMILES string of the molecule is CCCC(C)NC(=O)C(C)N1CCC(CC)(C(=O)O)CC1. The minimum absolute atomic E-state index is 0.0512. The molecular weight excluding hydrogens is 268 g/mol. The van der Waals surface area contributed by atoms with Crippen molar-refractivity contribution in [2.45, 2.75) is 71.9 Å². The van der Waals surface area contributed by atoms with Crippen molar-refractivity contribution in [3.63, 3.8) is 0 Å². The van der Waals surface area contributed by atoms with Crippen LogP contribution >= 0.6 is 0 Å². The highest BCUT2D eigenvalue weighted by atomic mass is 16.4. The topological polar surface area (TPSA) is 69.6 Å². The number of carbonyl (C=O) groups excluding carboxylic acids is 1. The molecule has 0 aliphatic carbocycles. The molecule has 1 aliphatic heterocycles. The molecule has 21 heavy (non-hydrogen) atoms. The number of aliphatic carboxylic acids is 1. The first-order valence-corrected chi connectivity index (χ1v) is 8.14. The standard InChI is InChI=1S/C16H30N2O3/c1-5-7-12(3)17-14(19)13(4)18-10-8-16(6-2,9-11-18)15(20)21/h12-13H,5-11H2,1-4H3,(H,17,19)(H,20,21). The lowest BCUT2D eigenvalue weighted by Crippen LogP contribution is -2.52. The van der Waals surface area contributed by atoms with Crippen LogP contribution in [0.15, 0.2) is 0 Å². The lowest BCUT2D eigenvalue weighted by atomic mass is 9.76. The van der Waals surface area contributed by atoms with E-state index in [1.165, 1.54) is 0 Å². The number of carbonyl (C=O) groups is 2. The van der Waals surface area contributed by atoms with E-state index in [0.29, 0.717) is 32.4 Å². The van der Waals surface area contributed by atoms with Crippen molar-refractivity contribution in [3.8, 4) is 0 Å². The largest absolute Gasteiger partial charge is 0.481 e. The maximum atomic E-state index is 12.2. The Balaban J connectivity index is 2.53. The normalized spacial score (nSPS) is 21.5. The molecule has 1 fully saturated rings. The van der Waals surface area contributed by atoms with Crippen molar-refractivity contribution in [3.05, 3.63) is 0 Å². The van der Waals surface area contributed by atoms with Crippen molar-refractivity contribution in [2.75, 3.05) is 13.1 Å². The third kappa shape index (κ3) is 4.43. The van der Waals surface area contributed by atoms with Gasteiger partial charge in [-0.15, -0.1) is 0 Å². The first kappa shape index (κ1) is 18.0. The summed E-state index contributed by atoms with van der Waals surface area (Å²) in [6.45, 7) is 9.33. The lowest BCUT2D eigenvalue weighted by molar-refractivity contribution is -0.152. The predicted molar refractivity (Wildman–Crippen MR) is 83.1 cm³/mol. The Labute approximate surface area is 128 Å². The number of likely N-dealkylation sites (tertiary alicyclic amines) is 1. The summed E-state index contributed by atoms with van der Waals surface area (Å²) in [4.78, 5) is 25.8. The summed E-state index contributed by atoms with van der Waals surface area (Å²) in [6.07, 6.45) is 3.94. The van der Waals surface area contributed by atoms with Crippen molar-refractivity contribution < 1.29 is 14.7 Å². The Bertz CT molecular complexity index is 363. The molecule has 0 saturated carbocycles. The molecule has 1 saturated heterocycles. The molecule has 5 heteroatoms. The number of amides is 1. The Morgan fingerprint density at radius 3 is 2.24 bits per heavy atom. The molecule has 1 rings (SSSR count). The van der Waals surface area contributed by atoms with Crippen LogP contribution in [-0.2, 0) is 9.59 Å². The molecule has 5 nitrogen and oxygen atoms in total. The van der Waals surface area contributed by atoms with E-state index in [4.69, 9.17) is 0 Å². The minimum Gasteiger partial charge on any atom is -0.481 e. The van der Waals surface area contributed by atoms with E-state index >= 15 is 0 Å². The first-order chi connectivity index (χ1) is 9.86. The third-order valence-electron chi connectivity index (χ3n) is 4.92. The van der Waals surface area contributed by atoms with Gasteiger partial charge in [0.15, 0.2) is 0 Å². The van der Waals surface area contributed by atoms with Gasteiger partial charge < -0.3 is 10.4 Å². The predicted octanol–water partition coefficient (Wildman–Crippen LogP) is 2.26. The molecule has 1 heterocycles. The Hall–Kier alpha value is -1.10. The summed E-state index contributed by atoms with van der Waals surface area (Å²) >= 11 is 0. The van der Waals surface area contributed by atoms with Crippen molar-refractivity contribution in [2.24, 2.45) is 5.41 Å². The Morgan fingerprint density at radius 1 is 1.24 bits per heavy atom. The molecular formula is C16H30N2O3. The number of carboxylic acid groups (broad SMARTS) is 1. The fraction of sp³-hybridized carbons (Fsp3) is 0.875. The van der Waals surface area contributed by atoms with Crippen LogP contribution in [0.1, 0.15) is 59.8 Å². The van der Waals surface area contributed by atoms with Crippen LogP contribution in [0.2, 0.25) is 0 Å². The highest BCUT2D eigenvalue weighted by molar-refractivity contribution is 5.81. The number of hydrogen-bond donors (Lipinski definition) is 2.